The minimum absolute atomic E-state index is 0.333. The van der Waals surface area contributed by atoms with Crippen LogP contribution in [-0.2, 0) is 29.2 Å². The van der Waals surface area contributed by atoms with Crippen LogP contribution in [0, 0.1) is 0 Å². The predicted molar refractivity (Wildman–Crippen MR) is 39.1 cm³/mol. The van der Waals surface area contributed by atoms with E-state index in [1.807, 2.05) is 0 Å². The molecule has 0 unspecified atom stereocenters. The number of primary amides is 1. The first-order chi connectivity index (χ1) is 5.44. The molecule has 0 atom stereocenters. The number of hydrogen-bond acceptors (Lipinski definition) is 6. The van der Waals surface area contributed by atoms with Gasteiger partial charge in [-0.1, -0.05) is 0 Å². The summed E-state index contributed by atoms with van der Waals surface area (Å²) in [6.45, 7) is 1.31. The highest BCUT2D eigenvalue weighted by atomic mass is 32.3. The molecule has 0 aliphatic rings. The first kappa shape index (κ1) is 14.8. The topological polar surface area (TPSA) is 161 Å². The lowest BCUT2D eigenvalue weighted by Crippen LogP contribution is -2.10. The van der Waals surface area contributed by atoms with Crippen molar-refractivity contribution in [3.8, 4) is 0 Å². The van der Waals surface area contributed by atoms with Gasteiger partial charge in [0, 0.05) is 6.92 Å². The van der Waals surface area contributed by atoms with Crippen LogP contribution in [0.3, 0.4) is 0 Å². The smallest absolute Gasteiger partial charge is 0.370 e. The molecule has 1 amide bonds. The Morgan fingerprint density at radius 1 is 1.15 bits per heavy atom. The van der Waals surface area contributed by atoms with E-state index in [-0.39, 0.29) is 5.91 Å². The highest BCUT2D eigenvalue weighted by molar-refractivity contribution is 7.94. The Labute approximate surface area is 74.4 Å². The Morgan fingerprint density at radius 3 is 1.31 bits per heavy atom. The molecule has 0 spiro atoms. The zero-order chi connectivity index (χ0) is 11.3. The van der Waals surface area contributed by atoms with Crippen molar-refractivity contribution in [3.05, 3.63) is 0 Å². The van der Waals surface area contributed by atoms with Gasteiger partial charge in [0.05, 0.1) is 0 Å². The molecule has 0 aromatic heterocycles. The highest BCUT2D eigenvalue weighted by Crippen LogP contribution is 1.91. The van der Waals surface area contributed by atoms with E-state index in [1.165, 1.54) is 6.92 Å². The lowest BCUT2D eigenvalue weighted by molar-refractivity contribution is -0.115. The number of nitrogens with two attached hydrogens (primary N) is 1. The Hall–Kier alpha value is -0.750. The molecule has 0 aromatic rings. The maximum absolute atomic E-state index is 9.44. The Morgan fingerprint density at radius 2 is 1.31 bits per heavy atom. The van der Waals surface area contributed by atoms with Crippen LogP contribution >= 0.6 is 0 Å². The summed E-state index contributed by atoms with van der Waals surface area (Å²) in [6.07, 6.45) is 0. The molecule has 80 valence electrons. The third-order valence-corrected chi connectivity index (χ3v) is 1.55. The Balaban J connectivity index is 0. The maximum atomic E-state index is 9.44. The molecule has 4 N–H and O–H groups in total. The molecule has 0 saturated heterocycles. The van der Waals surface area contributed by atoms with E-state index in [1.54, 1.807) is 0 Å². The van der Waals surface area contributed by atoms with Crippen molar-refractivity contribution >= 4 is 26.7 Å². The summed E-state index contributed by atoms with van der Waals surface area (Å²) in [5.74, 6) is -0.333. The first-order valence-electron chi connectivity index (χ1n) is 2.36. The second kappa shape index (κ2) is 5.08. The van der Waals surface area contributed by atoms with E-state index >= 15 is 0 Å². The molecule has 0 aromatic carbocycles. The molecule has 11 heteroatoms. The van der Waals surface area contributed by atoms with E-state index < -0.39 is 20.8 Å². The summed E-state index contributed by atoms with van der Waals surface area (Å²) >= 11 is 0. The van der Waals surface area contributed by atoms with Gasteiger partial charge in [-0.15, -0.1) is 3.63 Å². The number of carbonyl (C=O) groups is 1. The van der Waals surface area contributed by atoms with Gasteiger partial charge in [0.1, 0.15) is 0 Å². The molecular weight excluding hydrogens is 230 g/mol. The third kappa shape index (κ3) is 34.9. The van der Waals surface area contributed by atoms with Crippen LogP contribution in [0.4, 0.5) is 0 Å². The molecule has 0 rings (SSSR count). The molecule has 0 aliphatic heterocycles. The Bertz CT molecular complexity index is 316. The molecule has 0 fully saturated rings. The molecule has 0 saturated carbocycles. The third-order valence-electron chi connectivity index (χ3n) is 0.172. The number of hydrogen-bond donors (Lipinski definition) is 3. The van der Waals surface area contributed by atoms with E-state index in [4.69, 9.17) is 9.11 Å². The van der Waals surface area contributed by atoms with Gasteiger partial charge < -0.3 is 5.73 Å². The largest absolute Gasteiger partial charge is 0.413 e. The Kier molecular flexibility index (Phi) is 5.77. The van der Waals surface area contributed by atoms with Gasteiger partial charge >= 0.3 is 20.8 Å². The summed E-state index contributed by atoms with van der Waals surface area (Å²) in [7, 11) is -10.2. The summed E-state index contributed by atoms with van der Waals surface area (Å²) in [5.41, 5.74) is 4.47. The second-order valence-corrected chi connectivity index (χ2v) is 3.79. The van der Waals surface area contributed by atoms with Gasteiger partial charge in [-0.05, 0) is 0 Å². The van der Waals surface area contributed by atoms with Crippen LogP contribution in [0.25, 0.3) is 0 Å². The van der Waals surface area contributed by atoms with Gasteiger partial charge in [0.15, 0.2) is 0 Å². The summed E-state index contributed by atoms with van der Waals surface area (Å²) < 4.78 is 55.6. The van der Waals surface area contributed by atoms with Crippen LogP contribution in [-0.4, -0.2) is 31.8 Å². The molecule has 0 heterocycles. The monoisotopic (exact) mass is 237 g/mol. The number of rotatable bonds is 2. The predicted octanol–water partition coefficient (Wildman–Crippen LogP) is -1.90. The molecule has 0 radical (unpaired) electrons. The van der Waals surface area contributed by atoms with Crippen LogP contribution in [0.1, 0.15) is 6.92 Å². The van der Waals surface area contributed by atoms with Gasteiger partial charge in [-0.3, -0.25) is 13.9 Å². The van der Waals surface area contributed by atoms with E-state index in [0.29, 0.717) is 0 Å². The number of amides is 1. The first-order valence-corrected chi connectivity index (χ1v) is 5.09. The van der Waals surface area contributed by atoms with Crippen LogP contribution in [0.5, 0.6) is 0 Å². The summed E-state index contributed by atoms with van der Waals surface area (Å²) in [5, 5.41) is 0. The van der Waals surface area contributed by atoms with Crippen LogP contribution in [0.2, 0.25) is 0 Å². The maximum Gasteiger partial charge on any atom is 0.413 e. The fourth-order valence-electron chi connectivity index (χ4n) is 0.109. The molecular formula is C2H7NO8S2. The molecule has 9 nitrogen and oxygen atoms in total. The van der Waals surface area contributed by atoms with Gasteiger partial charge in [-0.2, -0.15) is 16.8 Å². The standard InChI is InChI=1S/C2H5NO.H2O7S2/c1-2(3)4;1-8(2,3)7-9(4,5)6/h1H3,(H2,3,4);(H,1,2,3)(H,4,5,6). The van der Waals surface area contributed by atoms with E-state index in [0.717, 1.165) is 0 Å². The lowest BCUT2D eigenvalue weighted by Gasteiger charge is -1.89. The van der Waals surface area contributed by atoms with E-state index in [2.05, 4.69) is 9.36 Å². The van der Waals surface area contributed by atoms with Crippen molar-refractivity contribution in [2.75, 3.05) is 0 Å². The SMILES string of the molecule is CC(N)=O.O=S(=O)(O)OS(=O)(=O)O. The highest BCUT2D eigenvalue weighted by Gasteiger charge is 2.15. The fourth-order valence-corrected chi connectivity index (χ4v) is 0.978. The van der Waals surface area contributed by atoms with Gasteiger partial charge in [0.2, 0.25) is 5.91 Å². The molecule has 0 bridgehead atoms. The second-order valence-electron chi connectivity index (χ2n) is 1.53. The zero-order valence-corrected chi connectivity index (χ0v) is 7.87. The van der Waals surface area contributed by atoms with Gasteiger partial charge in [-0.25, -0.2) is 0 Å². The number of carbonyl (C=O) groups excluding carboxylic acids is 1. The van der Waals surface area contributed by atoms with Crippen molar-refractivity contribution in [1.82, 2.24) is 0 Å². The zero-order valence-electron chi connectivity index (χ0n) is 6.24. The van der Waals surface area contributed by atoms with Crippen molar-refractivity contribution in [2.24, 2.45) is 5.73 Å². The van der Waals surface area contributed by atoms with Crippen molar-refractivity contribution in [1.29, 1.82) is 0 Å². The van der Waals surface area contributed by atoms with Crippen LogP contribution in [0.15, 0.2) is 0 Å². The summed E-state index contributed by atoms with van der Waals surface area (Å²) in [6, 6.07) is 0. The fraction of sp³-hybridized carbons (Fsp3) is 0.500. The van der Waals surface area contributed by atoms with Crippen molar-refractivity contribution < 1.29 is 34.4 Å². The average Bonchev–Trinajstić information content (AvgIpc) is 1.47. The lowest BCUT2D eigenvalue weighted by atomic mass is 10.8. The van der Waals surface area contributed by atoms with E-state index in [9.17, 15) is 21.6 Å². The van der Waals surface area contributed by atoms with Gasteiger partial charge in [0.25, 0.3) is 0 Å². The quantitative estimate of drug-likeness (QED) is 0.469. The molecule has 0 aliphatic carbocycles. The minimum atomic E-state index is -5.12. The van der Waals surface area contributed by atoms with Crippen LogP contribution < -0.4 is 5.73 Å². The molecule has 13 heavy (non-hydrogen) atoms. The minimum Gasteiger partial charge on any atom is -0.370 e. The normalized spacial score (nSPS) is 11.3. The average molecular weight is 237 g/mol. The summed E-state index contributed by atoms with van der Waals surface area (Å²) in [4.78, 5) is 9.22. The van der Waals surface area contributed by atoms with Crippen molar-refractivity contribution in [3.63, 3.8) is 0 Å². The van der Waals surface area contributed by atoms with Crippen molar-refractivity contribution in [2.45, 2.75) is 6.92 Å².